The molecule has 1 aromatic rings. The first-order chi connectivity index (χ1) is 10.3. The average molecular weight is 327 g/mol. The maximum atomic E-state index is 12.1. The molecule has 3 N–H and O–H groups in total. The summed E-state index contributed by atoms with van der Waals surface area (Å²) in [7, 11) is -3.60. The van der Waals surface area contributed by atoms with Crippen molar-refractivity contribution < 1.29 is 13.2 Å². The molecule has 1 aromatic carbocycles. The highest BCUT2D eigenvalue weighted by atomic mass is 32.2. The fraction of sp³-hybridized carbons (Fsp3) is 0.533. The van der Waals surface area contributed by atoms with Crippen LogP contribution >= 0.6 is 0 Å². The van der Waals surface area contributed by atoms with Gasteiger partial charge in [-0.2, -0.15) is 0 Å². The lowest BCUT2D eigenvalue weighted by molar-refractivity contribution is 0.0950. The molecule has 124 valence electrons. The van der Waals surface area contributed by atoms with E-state index in [1.54, 1.807) is 26.0 Å². The third-order valence-corrected chi connectivity index (χ3v) is 4.58. The van der Waals surface area contributed by atoms with E-state index in [1.165, 1.54) is 12.1 Å². The van der Waals surface area contributed by atoms with Crippen LogP contribution in [0.1, 0.15) is 38.1 Å². The summed E-state index contributed by atoms with van der Waals surface area (Å²) in [6, 6.07) is 5.98. The van der Waals surface area contributed by atoms with Gasteiger partial charge in [-0.1, -0.05) is 13.0 Å². The molecule has 0 aliphatic heterocycles. The maximum absolute atomic E-state index is 12.1. The second-order valence-corrected chi connectivity index (χ2v) is 7.19. The number of benzene rings is 1. The highest BCUT2D eigenvalue weighted by molar-refractivity contribution is 7.89. The predicted molar refractivity (Wildman–Crippen MR) is 87.4 cm³/mol. The molecule has 1 rings (SSSR count). The monoisotopic (exact) mass is 327 g/mol. The van der Waals surface area contributed by atoms with Crippen molar-refractivity contribution in [1.29, 1.82) is 0 Å². The van der Waals surface area contributed by atoms with E-state index in [0.717, 1.165) is 6.54 Å². The first-order valence-electron chi connectivity index (χ1n) is 7.40. The topological polar surface area (TPSA) is 87.3 Å². The normalized spacial score (nSPS) is 13.1. The number of carbonyl (C=O) groups excluding carboxylic acids is 1. The van der Waals surface area contributed by atoms with E-state index in [1.807, 2.05) is 13.8 Å². The van der Waals surface area contributed by atoms with Crippen LogP contribution in [0.15, 0.2) is 29.2 Å². The van der Waals surface area contributed by atoms with Gasteiger partial charge in [-0.05, 0) is 45.5 Å². The Labute approximate surface area is 132 Å². The summed E-state index contributed by atoms with van der Waals surface area (Å²) in [4.78, 5) is 12.2. The van der Waals surface area contributed by atoms with Gasteiger partial charge in [0.15, 0.2) is 0 Å². The van der Waals surface area contributed by atoms with Crippen LogP contribution in [0.2, 0.25) is 0 Å². The number of nitrogens with one attached hydrogen (secondary N) is 3. The van der Waals surface area contributed by atoms with E-state index in [4.69, 9.17) is 0 Å². The van der Waals surface area contributed by atoms with Gasteiger partial charge in [-0.15, -0.1) is 0 Å². The molecule has 0 aliphatic rings. The number of rotatable bonds is 8. The van der Waals surface area contributed by atoms with Crippen molar-refractivity contribution in [3.8, 4) is 0 Å². The summed E-state index contributed by atoms with van der Waals surface area (Å²) in [5.74, 6) is -0.286. The Bertz CT molecular complexity index is 600. The lowest BCUT2D eigenvalue weighted by Crippen LogP contribution is -2.38. The van der Waals surface area contributed by atoms with Crippen LogP contribution in [0, 0.1) is 0 Å². The first-order valence-corrected chi connectivity index (χ1v) is 8.88. The van der Waals surface area contributed by atoms with E-state index in [-0.39, 0.29) is 22.9 Å². The Morgan fingerprint density at radius 2 is 1.91 bits per heavy atom. The van der Waals surface area contributed by atoms with E-state index < -0.39 is 10.0 Å². The van der Waals surface area contributed by atoms with Crippen molar-refractivity contribution in [2.24, 2.45) is 0 Å². The Hall–Kier alpha value is -1.44. The van der Waals surface area contributed by atoms with Gasteiger partial charge in [0, 0.05) is 24.2 Å². The molecule has 0 radical (unpaired) electrons. The van der Waals surface area contributed by atoms with Crippen molar-refractivity contribution in [3.63, 3.8) is 0 Å². The molecular formula is C15H25N3O3S. The van der Waals surface area contributed by atoms with Crippen LogP contribution < -0.4 is 15.4 Å². The van der Waals surface area contributed by atoms with E-state index in [0.29, 0.717) is 12.1 Å². The maximum Gasteiger partial charge on any atom is 0.251 e. The summed E-state index contributed by atoms with van der Waals surface area (Å²) in [6.45, 7) is 8.76. The van der Waals surface area contributed by atoms with Gasteiger partial charge in [-0.25, -0.2) is 13.1 Å². The van der Waals surface area contributed by atoms with Gasteiger partial charge in [-0.3, -0.25) is 4.79 Å². The minimum atomic E-state index is -3.60. The van der Waals surface area contributed by atoms with E-state index in [2.05, 4.69) is 15.4 Å². The molecule has 0 spiro atoms. The van der Waals surface area contributed by atoms with Crippen LogP contribution in [0.25, 0.3) is 0 Å². The smallest absolute Gasteiger partial charge is 0.251 e. The Kier molecular flexibility index (Phi) is 6.99. The van der Waals surface area contributed by atoms with E-state index >= 15 is 0 Å². The molecule has 22 heavy (non-hydrogen) atoms. The second-order valence-electron chi connectivity index (χ2n) is 5.47. The quantitative estimate of drug-likeness (QED) is 0.667. The molecule has 7 heteroatoms. The molecular weight excluding hydrogens is 302 g/mol. The number of carbonyl (C=O) groups is 1. The lowest BCUT2D eigenvalue weighted by Gasteiger charge is -2.14. The van der Waals surface area contributed by atoms with Crippen molar-refractivity contribution in [1.82, 2.24) is 15.4 Å². The largest absolute Gasteiger partial charge is 0.350 e. The van der Waals surface area contributed by atoms with Crippen molar-refractivity contribution in [2.75, 3.05) is 13.1 Å². The standard InChI is InChI=1S/C15H25N3O3S/c1-5-16-12(4)10-17-15(19)13-7-6-8-14(9-13)22(20,21)18-11(2)3/h6-9,11-12,16,18H,5,10H2,1-4H3,(H,17,19)/t12-/m1/s1. The molecule has 1 amide bonds. The van der Waals surface area contributed by atoms with Gasteiger partial charge in [0.25, 0.3) is 5.91 Å². The van der Waals surface area contributed by atoms with Crippen LogP contribution in [-0.2, 0) is 10.0 Å². The Morgan fingerprint density at radius 1 is 1.23 bits per heavy atom. The minimum Gasteiger partial charge on any atom is -0.350 e. The zero-order chi connectivity index (χ0) is 16.8. The third-order valence-electron chi connectivity index (χ3n) is 2.92. The third kappa shape index (κ3) is 5.75. The van der Waals surface area contributed by atoms with Crippen LogP contribution in [0.5, 0.6) is 0 Å². The van der Waals surface area contributed by atoms with Crippen molar-refractivity contribution >= 4 is 15.9 Å². The van der Waals surface area contributed by atoms with Crippen molar-refractivity contribution in [3.05, 3.63) is 29.8 Å². The molecule has 6 nitrogen and oxygen atoms in total. The summed E-state index contributed by atoms with van der Waals surface area (Å²) in [5, 5.41) is 5.98. The number of hydrogen-bond donors (Lipinski definition) is 3. The van der Waals surface area contributed by atoms with Gasteiger partial charge >= 0.3 is 0 Å². The Morgan fingerprint density at radius 3 is 2.50 bits per heavy atom. The average Bonchev–Trinajstić information content (AvgIpc) is 2.44. The molecule has 0 unspecified atom stereocenters. The fourth-order valence-electron chi connectivity index (χ4n) is 1.95. The molecule has 0 saturated carbocycles. The van der Waals surface area contributed by atoms with E-state index in [9.17, 15) is 13.2 Å². The molecule has 0 heterocycles. The minimum absolute atomic E-state index is 0.0913. The summed E-state index contributed by atoms with van der Waals surface area (Å²) in [5.41, 5.74) is 0.329. The summed E-state index contributed by atoms with van der Waals surface area (Å²) < 4.78 is 26.7. The number of sulfonamides is 1. The van der Waals surface area contributed by atoms with Crippen LogP contribution in [0.3, 0.4) is 0 Å². The molecule has 0 fully saturated rings. The summed E-state index contributed by atoms with van der Waals surface area (Å²) in [6.07, 6.45) is 0. The number of hydrogen-bond acceptors (Lipinski definition) is 4. The second kappa shape index (κ2) is 8.26. The zero-order valence-corrected chi connectivity index (χ0v) is 14.3. The molecule has 0 saturated heterocycles. The van der Waals surface area contributed by atoms with Crippen LogP contribution in [-0.4, -0.2) is 39.5 Å². The predicted octanol–water partition coefficient (Wildman–Crippen LogP) is 1.10. The summed E-state index contributed by atoms with van der Waals surface area (Å²) >= 11 is 0. The molecule has 0 aliphatic carbocycles. The van der Waals surface area contributed by atoms with Gasteiger partial charge in [0.1, 0.15) is 0 Å². The number of amides is 1. The van der Waals surface area contributed by atoms with Gasteiger partial charge < -0.3 is 10.6 Å². The molecule has 1 atom stereocenters. The number of likely N-dealkylation sites (N-methyl/N-ethyl adjacent to an activating group) is 1. The highest BCUT2D eigenvalue weighted by Gasteiger charge is 2.17. The molecule has 0 aromatic heterocycles. The Balaban J connectivity index is 2.81. The lowest BCUT2D eigenvalue weighted by atomic mass is 10.2. The zero-order valence-electron chi connectivity index (χ0n) is 13.5. The highest BCUT2D eigenvalue weighted by Crippen LogP contribution is 2.12. The SMILES string of the molecule is CCN[C@H](C)CNC(=O)c1cccc(S(=O)(=O)NC(C)C)c1. The van der Waals surface area contributed by atoms with Crippen LogP contribution in [0.4, 0.5) is 0 Å². The fourth-order valence-corrected chi connectivity index (χ4v) is 3.25. The van der Waals surface area contributed by atoms with Crippen molar-refractivity contribution in [2.45, 2.75) is 44.7 Å². The molecule has 0 bridgehead atoms. The van der Waals surface area contributed by atoms with Gasteiger partial charge in [0.05, 0.1) is 4.90 Å². The first kappa shape index (κ1) is 18.6. The van der Waals surface area contributed by atoms with Gasteiger partial charge in [0.2, 0.25) is 10.0 Å².